The number of hydrogen-bond donors (Lipinski definition) is 2. The third-order valence-corrected chi connectivity index (χ3v) is 3.21. The number of rotatable bonds is 5. The molecule has 4 heteroatoms. The molecule has 20 heavy (non-hydrogen) atoms. The zero-order chi connectivity index (χ0) is 14.5. The van der Waals surface area contributed by atoms with Crippen LogP contribution < -0.4 is 16.0 Å². The van der Waals surface area contributed by atoms with E-state index in [1.54, 1.807) is 0 Å². The van der Waals surface area contributed by atoms with Gasteiger partial charge in [0.25, 0.3) is 0 Å². The summed E-state index contributed by atoms with van der Waals surface area (Å²) in [5.74, 6) is 6.54. The van der Waals surface area contributed by atoms with Crippen molar-refractivity contribution in [2.45, 2.75) is 26.0 Å². The smallest absolute Gasteiger partial charge is 0.119 e. The second kappa shape index (κ2) is 6.75. The fourth-order valence-electron chi connectivity index (χ4n) is 2.05. The van der Waals surface area contributed by atoms with E-state index in [0.717, 1.165) is 16.9 Å². The van der Waals surface area contributed by atoms with Crippen LogP contribution >= 0.6 is 11.6 Å². The summed E-state index contributed by atoms with van der Waals surface area (Å²) in [7, 11) is 0. The zero-order valence-corrected chi connectivity index (χ0v) is 12.4. The molecule has 1 atom stereocenters. The van der Waals surface area contributed by atoms with E-state index in [4.69, 9.17) is 22.2 Å². The van der Waals surface area contributed by atoms with E-state index in [2.05, 4.69) is 5.43 Å². The van der Waals surface area contributed by atoms with Gasteiger partial charge >= 0.3 is 0 Å². The summed E-state index contributed by atoms with van der Waals surface area (Å²) in [6.45, 7) is 4.01. The number of benzene rings is 2. The first-order valence-corrected chi connectivity index (χ1v) is 6.96. The largest absolute Gasteiger partial charge is 0.491 e. The van der Waals surface area contributed by atoms with Gasteiger partial charge in [-0.3, -0.25) is 5.84 Å². The number of nitrogens with two attached hydrogens (primary N) is 1. The van der Waals surface area contributed by atoms with E-state index in [9.17, 15) is 0 Å². The van der Waals surface area contributed by atoms with Crippen molar-refractivity contribution in [2.24, 2.45) is 5.84 Å². The van der Waals surface area contributed by atoms with Gasteiger partial charge in [-0.25, -0.2) is 5.43 Å². The van der Waals surface area contributed by atoms with E-state index in [1.807, 2.05) is 62.4 Å². The molecular formula is C16H19ClN2O. The average molecular weight is 291 g/mol. The van der Waals surface area contributed by atoms with Crippen molar-refractivity contribution in [2.75, 3.05) is 0 Å². The van der Waals surface area contributed by atoms with Crippen LogP contribution in [0.3, 0.4) is 0 Å². The summed E-state index contributed by atoms with van der Waals surface area (Å²) in [5.41, 5.74) is 4.97. The highest BCUT2D eigenvalue weighted by molar-refractivity contribution is 6.30. The van der Waals surface area contributed by atoms with Crippen molar-refractivity contribution in [3.63, 3.8) is 0 Å². The van der Waals surface area contributed by atoms with Crippen LogP contribution in [0.25, 0.3) is 0 Å². The van der Waals surface area contributed by atoms with Crippen molar-refractivity contribution in [3.8, 4) is 5.75 Å². The summed E-state index contributed by atoms with van der Waals surface area (Å²) >= 11 is 5.91. The molecule has 0 saturated carbocycles. The SMILES string of the molecule is CC(C)Oc1ccc(C(NN)c2ccc(Cl)cc2)cc1. The van der Waals surface area contributed by atoms with Gasteiger partial charge in [-0.05, 0) is 49.2 Å². The number of hydrogen-bond acceptors (Lipinski definition) is 3. The highest BCUT2D eigenvalue weighted by Gasteiger charge is 2.12. The molecular weight excluding hydrogens is 272 g/mol. The van der Waals surface area contributed by atoms with Crippen LogP contribution in [0.15, 0.2) is 48.5 Å². The lowest BCUT2D eigenvalue weighted by Crippen LogP contribution is -2.28. The molecule has 3 N–H and O–H groups in total. The van der Waals surface area contributed by atoms with Gasteiger partial charge < -0.3 is 4.74 Å². The second-order valence-corrected chi connectivity index (χ2v) is 5.32. The molecule has 0 fully saturated rings. The van der Waals surface area contributed by atoms with Crippen LogP contribution in [-0.2, 0) is 0 Å². The maximum atomic E-state index is 5.91. The van der Waals surface area contributed by atoms with Crippen molar-refractivity contribution < 1.29 is 4.74 Å². The van der Waals surface area contributed by atoms with E-state index < -0.39 is 0 Å². The number of ether oxygens (including phenoxy) is 1. The van der Waals surface area contributed by atoms with Crippen LogP contribution in [0.1, 0.15) is 31.0 Å². The lowest BCUT2D eigenvalue weighted by atomic mass is 9.99. The lowest BCUT2D eigenvalue weighted by Gasteiger charge is -2.18. The second-order valence-electron chi connectivity index (χ2n) is 4.89. The summed E-state index contributed by atoms with van der Waals surface area (Å²) in [6, 6.07) is 15.5. The van der Waals surface area contributed by atoms with Crippen LogP contribution in [0.2, 0.25) is 5.02 Å². The highest BCUT2D eigenvalue weighted by atomic mass is 35.5. The Morgan fingerprint density at radius 2 is 1.45 bits per heavy atom. The number of hydrazine groups is 1. The van der Waals surface area contributed by atoms with Crippen molar-refractivity contribution in [1.29, 1.82) is 0 Å². The Hall–Kier alpha value is -1.55. The fourth-order valence-corrected chi connectivity index (χ4v) is 2.18. The quantitative estimate of drug-likeness (QED) is 0.652. The van der Waals surface area contributed by atoms with Crippen molar-refractivity contribution >= 4 is 11.6 Å². The van der Waals surface area contributed by atoms with Gasteiger partial charge in [0.05, 0.1) is 12.1 Å². The lowest BCUT2D eigenvalue weighted by molar-refractivity contribution is 0.242. The molecule has 106 valence electrons. The Morgan fingerprint density at radius 3 is 1.90 bits per heavy atom. The van der Waals surface area contributed by atoms with Crippen molar-refractivity contribution in [3.05, 3.63) is 64.7 Å². The molecule has 1 unspecified atom stereocenters. The third-order valence-electron chi connectivity index (χ3n) is 2.96. The van der Waals surface area contributed by atoms with E-state index >= 15 is 0 Å². The van der Waals surface area contributed by atoms with Gasteiger partial charge in [0, 0.05) is 5.02 Å². The topological polar surface area (TPSA) is 47.3 Å². The Bertz CT molecular complexity index is 537. The van der Waals surface area contributed by atoms with Gasteiger partial charge in [0.2, 0.25) is 0 Å². The molecule has 0 heterocycles. The standard InChI is InChI=1S/C16H19ClN2O/c1-11(2)20-15-9-5-13(6-10-15)16(19-18)12-3-7-14(17)8-4-12/h3-11,16,19H,18H2,1-2H3. The molecule has 2 rings (SSSR count). The first kappa shape index (κ1) is 14.9. The first-order chi connectivity index (χ1) is 9.60. The van der Waals surface area contributed by atoms with Crippen molar-refractivity contribution in [1.82, 2.24) is 5.43 Å². The Morgan fingerprint density at radius 1 is 0.950 bits per heavy atom. The molecule has 0 radical (unpaired) electrons. The molecule has 0 amide bonds. The summed E-state index contributed by atoms with van der Waals surface area (Å²) < 4.78 is 5.63. The highest BCUT2D eigenvalue weighted by Crippen LogP contribution is 2.25. The molecule has 0 aliphatic rings. The molecule has 0 aromatic heterocycles. The van der Waals surface area contributed by atoms with Gasteiger partial charge in [-0.1, -0.05) is 35.9 Å². The molecule has 0 saturated heterocycles. The monoisotopic (exact) mass is 290 g/mol. The van der Waals surface area contributed by atoms with E-state index in [0.29, 0.717) is 5.02 Å². The summed E-state index contributed by atoms with van der Waals surface area (Å²) in [4.78, 5) is 0. The minimum absolute atomic E-state index is 0.0691. The van der Waals surface area contributed by atoms with E-state index in [-0.39, 0.29) is 12.1 Å². The molecule has 0 aliphatic carbocycles. The molecule has 0 bridgehead atoms. The van der Waals surface area contributed by atoms with Crippen LogP contribution in [0.5, 0.6) is 5.75 Å². The minimum atomic E-state index is -0.0691. The molecule has 0 aliphatic heterocycles. The normalized spacial score (nSPS) is 12.4. The fraction of sp³-hybridized carbons (Fsp3) is 0.250. The van der Waals surface area contributed by atoms with E-state index in [1.165, 1.54) is 0 Å². The van der Waals surface area contributed by atoms with Crippen LogP contribution in [-0.4, -0.2) is 6.10 Å². The average Bonchev–Trinajstić information content (AvgIpc) is 2.43. The number of nitrogens with one attached hydrogen (secondary N) is 1. The van der Waals surface area contributed by atoms with Gasteiger partial charge in [0.1, 0.15) is 5.75 Å². The molecule has 0 spiro atoms. The maximum absolute atomic E-state index is 5.91. The van der Waals surface area contributed by atoms with Gasteiger partial charge in [-0.15, -0.1) is 0 Å². The Labute approximate surface area is 124 Å². The molecule has 2 aromatic rings. The van der Waals surface area contributed by atoms with Gasteiger partial charge in [-0.2, -0.15) is 0 Å². The predicted octanol–water partition coefficient (Wildman–Crippen LogP) is 3.68. The summed E-state index contributed by atoms with van der Waals surface area (Å²) in [6.07, 6.45) is 0.167. The maximum Gasteiger partial charge on any atom is 0.119 e. The Kier molecular flexibility index (Phi) is 5.01. The molecule has 3 nitrogen and oxygen atoms in total. The van der Waals surface area contributed by atoms with Gasteiger partial charge in [0.15, 0.2) is 0 Å². The zero-order valence-electron chi connectivity index (χ0n) is 11.6. The molecule has 2 aromatic carbocycles. The number of halogens is 1. The van der Waals surface area contributed by atoms with Crippen LogP contribution in [0.4, 0.5) is 0 Å². The minimum Gasteiger partial charge on any atom is -0.491 e. The third kappa shape index (κ3) is 3.73. The Balaban J connectivity index is 2.21. The first-order valence-electron chi connectivity index (χ1n) is 6.58. The van der Waals surface area contributed by atoms with Crippen LogP contribution in [0, 0.1) is 0 Å². The summed E-state index contributed by atoms with van der Waals surface area (Å²) in [5, 5.41) is 0.713. The predicted molar refractivity (Wildman–Crippen MR) is 82.8 cm³/mol.